The summed E-state index contributed by atoms with van der Waals surface area (Å²) in [7, 11) is 0. The molecule has 0 aromatic carbocycles. The van der Waals surface area contributed by atoms with Crippen LogP contribution in [-0.4, -0.2) is 58.9 Å². The summed E-state index contributed by atoms with van der Waals surface area (Å²) in [5.74, 6) is 2.71. The molecule has 8 heteroatoms. The van der Waals surface area contributed by atoms with Crippen molar-refractivity contribution in [2.24, 2.45) is 0 Å². The van der Waals surface area contributed by atoms with E-state index in [4.69, 9.17) is 4.98 Å². The van der Waals surface area contributed by atoms with Gasteiger partial charge in [-0.1, -0.05) is 0 Å². The molecule has 5 rings (SSSR count). The van der Waals surface area contributed by atoms with Crippen molar-refractivity contribution in [3.8, 4) is 0 Å². The van der Waals surface area contributed by atoms with Crippen LogP contribution in [-0.2, 0) is 0 Å². The van der Waals surface area contributed by atoms with E-state index in [-0.39, 0.29) is 0 Å². The van der Waals surface area contributed by atoms with Crippen LogP contribution in [0.25, 0.3) is 5.65 Å². The van der Waals surface area contributed by atoms with Crippen molar-refractivity contribution in [2.45, 2.75) is 19.3 Å². The number of piperazine rings is 1. The first kappa shape index (κ1) is 17.2. The van der Waals surface area contributed by atoms with Crippen molar-refractivity contribution < 1.29 is 0 Å². The Hall–Kier alpha value is -2.87. The molecule has 0 radical (unpaired) electrons. The maximum atomic E-state index is 4.79. The molecule has 0 atom stereocenters. The summed E-state index contributed by atoms with van der Waals surface area (Å²) in [6.45, 7) is 6.21. The third kappa shape index (κ3) is 3.47. The van der Waals surface area contributed by atoms with Gasteiger partial charge in [0.15, 0.2) is 5.65 Å². The lowest BCUT2D eigenvalue weighted by Gasteiger charge is -2.29. The van der Waals surface area contributed by atoms with Crippen LogP contribution in [0, 0.1) is 0 Å². The molecule has 146 valence electrons. The zero-order valence-corrected chi connectivity index (χ0v) is 16.0. The lowest BCUT2D eigenvalue weighted by molar-refractivity contribution is 0.573. The maximum absolute atomic E-state index is 4.79. The Morgan fingerprint density at radius 1 is 0.929 bits per heavy atom. The SMILES string of the molecule is c1cc2nc(N3CCCCC3)cc(Nc3ccc(N4CCNCC4)cn3)n2n1. The molecule has 0 spiro atoms. The van der Waals surface area contributed by atoms with Gasteiger partial charge in [-0.2, -0.15) is 9.61 Å². The van der Waals surface area contributed by atoms with Crippen LogP contribution >= 0.6 is 0 Å². The monoisotopic (exact) mass is 378 g/mol. The molecule has 0 amide bonds. The van der Waals surface area contributed by atoms with E-state index in [1.165, 1.54) is 24.9 Å². The van der Waals surface area contributed by atoms with Gasteiger partial charge in [-0.3, -0.25) is 0 Å². The van der Waals surface area contributed by atoms with E-state index in [1.54, 1.807) is 6.20 Å². The molecule has 3 aromatic heterocycles. The van der Waals surface area contributed by atoms with Gasteiger partial charge in [-0.25, -0.2) is 9.97 Å². The first-order valence-corrected chi connectivity index (χ1v) is 10.2. The van der Waals surface area contributed by atoms with Crippen LogP contribution in [0.1, 0.15) is 19.3 Å². The summed E-state index contributed by atoms with van der Waals surface area (Å²) in [6, 6.07) is 8.19. The standard InChI is InChI=1S/C20H26N8/c1-2-10-27(11-3-1)19-14-20(28-18(25-19)6-7-23-28)24-17-5-4-16(15-22-17)26-12-8-21-9-13-26/h4-7,14-15,21H,1-3,8-13H2,(H,22,24). The van der Waals surface area contributed by atoms with E-state index in [2.05, 4.69) is 42.6 Å². The Labute approximate surface area is 164 Å². The van der Waals surface area contributed by atoms with Crippen LogP contribution < -0.4 is 20.4 Å². The van der Waals surface area contributed by atoms with Crippen molar-refractivity contribution in [1.29, 1.82) is 0 Å². The molecule has 0 saturated carbocycles. The molecule has 0 unspecified atom stereocenters. The van der Waals surface area contributed by atoms with E-state index in [9.17, 15) is 0 Å². The number of rotatable bonds is 4. The van der Waals surface area contributed by atoms with Crippen LogP contribution in [0.5, 0.6) is 0 Å². The van der Waals surface area contributed by atoms with Crippen molar-refractivity contribution in [1.82, 2.24) is 24.9 Å². The number of hydrogen-bond donors (Lipinski definition) is 2. The highest BCUT2D eigenvalue weighted by molar-refractivity contribution is 5.63. The average Bonchev–Trinajstić information content (AvgIpc) is 3.25. The van der Waals surface area contributed by atoms with E-state index < -0.39 is 0 Å². The summed E-state index contributed by atoms with van der Waals surface area (Å²) in [6.07, 6.45) is 7.49. The number of fused-ring (bicyclic) bond motifs is 1. The number of anilines is 4. The fraction of sp³-hybridized carbons (Fsp3) is 0.450. The molecular weight excluding hydrogens is 352 g/mol. The first-order valence-electron chi connectivity index (χ1n) is 10.2. The highest BCUT2D eigenvalue weighted by atomic mass is 15.3. The lowest BCUT2D eigenvalue weighted by atomic mass is 10.1. The molecule has 2 fully saturated rings. The average molecular weight is 378 g/mol. The molecular formula is C20H26N8. The normalized spacial score (nSPS) is 17.9. The topological polar surface area (TPSA) is 73.6 Å². The second kappa shape index (κ2) is 7.63. The van der Waals surface area contributed by atoms with Crippen molar-refractivity contribution in [3.63, 3.8) is 0 Å². The van der Waals surface area contributed by atoms with E-state index in [0.717, 1.165) is 62.4 Å². The third-order valence-electron chi connectivity index (χ3n) is 5.51. The van der Waals surface area contributed by atoms with Crippen molar-refractivity contribution >= 4 is 28.8 Å². The summed E-state index contributed by atoms with van der Waals surface area (Å²) in [4.78, 5) is 14.1. The zero-order chi connectivity index (χ0) is 18.8. The molecule has 0 aliphatic carbocycles. The van der Waals surface area contributed by atoms with Crippen molar-refractivity contribution in [3.05, 3.63) is 36.7 Å². The summed E-state index contributed by atoms with van der Waals surface area (Å²) in [5.41, 5.74) is 2.02. The number of piperidine rings is 1. The van der Waals surface area contributed by atoms with E-state index in [1.807, 2.05) is 22.8 Å². The second-order valence-corrected chi connectivity index (χ2v) is 7.41. The quantitative estimate of drug-likeness (QED) is 0.721. The predicted molar refractivity (Wildman–Crippen MR) is 112 cm³/mol. The number of nitrogens with zero attached hydrogens (tertiary/aromatic N) is 6. The van der Waals surface area contributed by atoms with Gasteiger partial charge in [0.2, 0.25) is 0 Å². The minimum absolute atomic E-state index is 0.812. The Morgan fingerprint density at radius 2 is 1.79 bits per heavy atom. The van der Waals surface area contributed by atoms with Gasteiger partial charge in [0, 0.05) is 51.4 Å². The van der Waals surface area contributed by atoms with Gasteiger partial charge in [0.25, 0.3) is 0 Å². The minimum Gasteiger partial charge on any atom is -0.368 e. The van der Waals surface area contributed by atoms with Crippen LogP contribution in [0.15, 0.2) is 36.7 Å². The van der Waals surface area contributed by atoms with Crippen LogP contribution in [0.3, 0.4) is 0 Å². The third-order valence-corrected chi connectivity index (χ3v) is 5.51. The van der Waals surface area contributed by atoms with Gasteiger partial charge < -0.3 is 20.4 Å². The summed E-state index contributed by atoms with van der Waals surface area (Å²) >= 11 is 0. The Balaban J connectivity index is 1.40. The van der Waals surface area contributed by atoms with Crippen molar-refractivity contribution in [2.75, 3.05) is 54.4 Å². The molecule has 8 nitrogen and oxygen atoms in total. The molecule has 2 aliphatic rings. The lowest BCUT2D eigenvalue weighted by Crippen LogP contribution is -2.43. The highest BCUT2D eigenvalue weighted by Crippen LogP contribution is 2.25. The van der Waals surface area contributed by atoms with Gasteiger partial charge in [-0.15, -0.1) is 0 Å². The Morgan fingerprint density at radius 3 is 2.57 bits per heavy atom. The smallest absolute Gasteiger partial charge is 0.159 e. The van der Waals surface area contributed by atoms with Crippen LogP contribution in [0.4, 0.5) is 23.1 Å². The number of nitrogens with one attached hydrogen (secondary N) is 2. The summed E-state index contributed by atoms with van der Waals surface area (Å²) < 4.78 is 1.83. The van der Waals surface area contributed by atoms with Crippen LogP contribution in [0.2, 0.25) is 0 Å². The van der Waals surface area contributed by atoms with E-state index in [0.29, 0.717) is 0 Å². The van der Waals surface area contributed by atoms with E-state index >= 15 is 0 Å². The minimum atomic E-state index is 0.812. The van der Waals surface area contributed by atoms with Gasteiger partial charge in [-0.05, 0) is 31.4 Å². The molecule has 28 heavy (non-hydrogen) atoms. The zero-order valence-electron chi connectivity index (χ0n) is 16.0. The van der Waals surface area contributed by atoms with Gasteiger partial charge in [0.1, 0.15) is 17.5 Å². The fourth-order valence-electron chi connectivity index (χ4n) is 3.98. The van der Waals surface area contributed by atoms with Gasteiger partial charge >= 0.3 is 0 Å². The molecule has 3 aromatic rings. The highest BCUT2D eigenvalue weighted by Gasteiger charge is 2.16. The second-order valence-electron chi connectivity index (χ2n) is 7.41. The predicted octanol–water partition coefficient (Wildman–Crippen LogP) is 2.27. The molecule has 2 saturated heterocycles. The molecule has 5 heterocycles. The summed E-state index contributed by atoms with van der Waals surface area (Å²) in [5, 5.41) is 11.2. The maximum Gasteiger partial charge on any atom is 0.159 e. The Bertz CT molecular complexity index is 923. The fourth-order valence-corrected chi connectivity index (χ4v) is 3.98. The molecule has 2 N–H and O–H groups in total. The largest absolute Gasteiger partial charge is 0.368 e. The first-order chi connectivity index (χ1) is 13.9. The van der Waals surface area contributed by atoms with Gasteiger partial charge in [0.05, 0.1) is 18.1 Å². The number of aromatic nitrogens is 4. The molecule has 2 aliphatic heterocycles. The Kier molecular flexibility index (Phi) is 4.70. The molecule has 0 bridgehead atoms. The number of pyridine rings is 1. The number of hydrogen-bond acceptors (Lipinski definition) is 7.